The van der Waals surface area contributed by atoms with Crippen LogP contribution in [0.15, 0.2) is 24.3 Å². The summed E-state index contributed by atoms with van der Waals surface area (Å²) in [7, 11) is 0. The monoisotopic (exact) mass is 218 g/mol. The second-order valence-electron chi connectivity index (χ2n) is 3.12. The van der Waals surface area contributed by atoms with Crippen LogP contribution in [-0.2, 0) is 6.42 Å². The molecular formula is C10H9F3O2. The van der Waals surface area contributed by atoms with Gasteiger partial charge in [-0.3, -0.25) is 0 Å². The molecule has 2 nitrogen and oxygen atoms in total. The molecule has 0 spiro atoms. The van der Waals surface area contributed by atoms with Gasteiger partial charge in [0.1, 0.15) is 0 Å². The zero-order valence-electron chi connectivity index (χ0n) is 7.71. The van der Waals surface area contributed by atoms with Crippen molar-refractivity contribution in [2.45, 2.75) is 19.0 Å². The van der Waals surface area contributed by atoms with Gasteiger partial charge in [-0.2, -0.15) is 13.2 Å². The van der Waals surface area contributed by atoms with E-state index in [0.717, 1.165) is 0 Å². The van der Waals surface area contributed by atoms with Gasteiger partial charge in [-0.15, -0.1) is 0 Å². The molecule has 1 N–H and O–H groups in total. The first-order chi connectivity index (χ1) is 6.88. The van der Waals surface area contributed by atoms with Crippen molar-refractivity contribution in [1.82, 2.24) is 0 Å². The zero-order valence-corrected chi connectivity index (χ0v) is 7.71. The standard InChI is InChI=1S/C10H9F3O2/c11-10(12,13)5-4-7-2-1-3-8(6-7)9(14)15/h1-3,6H,4-5H2,(H,14,15). The Morgan fingerprint density at radius 1 is 1.33 bits per heavy atom. The van der Waals surface area contributed by atoms with E-state index >= 15 is 0 Å². The summed E-state index contributed by atoms with van der Waals surface area (Å²) in [4.78, 5) is 10.5. The van der Waals surface area contributed by atoms with E-state index in [1.807, 2.05) is 0 Å². The minimum Gasteiger partial charge on any atom is -0.478 e. The number of halogens is 3. The maximum absolute atomic E-state index is 11.9. The first kappa shape index (κ1) is 11.6. The summed E-state index contributed by atoms with van der Waals surface area (Å²) in [5.74, 6) is -1.14. The molecule has 1 rings (SSSR count). The highest BCUT2D eigenvalue weighted by Gasteiger charge is 2.26. The van der Waals surface area contributed by atoms with Crippen LogP contribution in [0.25, 0.3) is 0 Å². The van der Waals surface area contributed by atoms with Gasteiger partial charge in [0.2, 0.25) is 0 Å². The first-order valence-corrected chi connectivity index (χ1v) is 4.27. The van der Waals surface area contributed by atoms with E-state index < -0.39 is 18.6 Å². The van der Waals surface area contributed by atoms with Gasteiger partial charge >= 0.3 is 12.1 Å². The van der Waals surface area contributed by atoms with Crippen LogP contribution < -0.4 is 0 Å². The number of carbonyl (C=O) groups is 1. The van der Waals surface area contributed by atoms with E-state index in [4.69, 9.17) is 5.11 Å². The summed E-state index contributed by atoms with van der Waals surface area (Å²) in [6.07, 6.45) is -5.33. The van der Waals surface area contributed by atoms with Crippen molar-refractivity contribution in [2.24, 2.45) is 0 Å². The molecular weight excluding hydrogens is 209 g/mol. The lowest BCUT2D eigenvalue weighted by molar-refractivity contribution is -0.133. The zero-order chi connectivity index (χ0) is 11.5. The predicted octanol–water partition coefficient (Wildman–Crippen LogP) is 2.88. The summed E-state index contributed by atoms with van der Waals surface area (Å²) in [5.41, 5.74) is 0.391. The van der Waals surface area contributed by atoms with Crippen molar-refractivity contribution in [2.75, 3.05) is 0 Å². The third-order valence-electron chi connectivity index (χ3n) is 1.87. The number of hydrogen-bond acceptors (Lipinski definition) is 1. The molecule has 0 saturated carbocycles. The molecule has 0 aliphatic heterocycles. The summed E-state index contributed by atoms with van der Waals surface area (Å²) in [6.45, 7) is 0. The van der Waals surface area contributed by atoms with Gasteiger partial charge in [-0.05, 0) is 24.1 Å². The van der Waals surface area contributed by atoms with E-state index in [1.54, 1.807) is 0 Å². The van der Waals surface area contributed by atoms with Crippen LogP contribution in [0.1, 0.15) is 22.3 Å². The van der Waals surface area contributed by atoms with Gasteiger partial charge in [-0.25, -0.2) is 4.79 Å². The highest BCUT2D eigenvalue weighted by atomic mass is 19.4. The summed E-state index contributed by atoms with van der Waals surface area (Å²) in [5, 5.41) is 8.62. The fourth-order valence-electron chi connectivity index (χ4n) is 1.15. The molecule has 0 saturated heterocycles. The first-order valence-electron chi connectivity index (χ1n) is 4.27. The van der Waals surface area contributed by atoms with E-state index in [1.165, 1.54) is 24.3 Å². The van der Waals surface area contributed by atoms with E-state index in [2.05, 4.69) is 0 Å². The summed E-state index contributed by atoms with van der Waals surface area (Å²) in [6, 6.07) is 5.53. The van der Waals surface area contributed by atoms with Crippen molar-refractivity contribution in [3.05, 3.63) is 35.4 Å². The van der Waals surface area contributed by atoms with Crippen LogP contribution in [0.3, 0.4) is 0 Å². The van der Waals surface area contributed by atoms with Crippen molar-refractivity contribution in [3.63, 3.8) is 0 Å². The van der Waals surface area contributed by atoms with E-state index in [9.17, 15) is 18.0 Å². The van der Waals surface area contributed by atoms with Crippen molar-refractivity contribution in [3.8, 4) is 0 Å². The number of carboxylic acid groups (broad SMARTS) is 1. The van der Waals surface area contributed by atoms with Crippen molar-refractivity contribution < 1.29 is 23.1 Å². The van der Waals surface area contributed by atoms with Gasteiger partial charge in [0, 0.05) is 6.42 Å². The molecule has 0 aliphatic carbocycles. The van der Waals surface area contributed by atoms with Gasteiger partial charge in [0.05, 0.1) is 5.56 Å². The fraction of sp³-hybridized carbons (Fsp3) is 0.300. The lowest BCUT2D eigenvalue weighted by Gasteiger charge is -2.06. The second-order valence-corrected chi connectivity index (χ2v) is 3.12. The second kappa shape index (κ2) is 4.33. The number of aryl methyl sites for hydroxylation is 1. The summed E-state index contributed by atoms with van der Waals surface area (Å²) < 4.78 is 35.7. The maximum atomic E-state index is 11.9. The third kappa shape index (κ3) is 4.01. The van der Waals surface area contributed by atoms with Gasteiger partial charge in [-0.1, -0.05) is 12.1 Å². The minimum absolute atomic E-state index is 0.00896. The Morgan fingerprint density at radius 2 is 2.00 bits per heavy atom. The molecule has 0 amide bonds. The van der Waals surface area contributed by atoms with Crippen LogP contribution in [0.5, 0.6) is 0 Å². The average Bonchev–Trinajstić information content (AvgIpc) is 2.14. The lowest BCUT2D eigenvalue weighted by atomic mass is 10.1. The molecule has 1 aromatic rings. The molecule has 0 fully saturated rings. The number of rotatable bonds is 3. The number of alkyl halides is 3. The lowest BCUT2D eigenvalue weighted by Crippen LogP contribution is -2.08. The smallest absolute Gasteiger partial charge is 0.389 e. The van der Waals surface area contributed by atoms with Crippen LogP contribution in [0.2, 0.25) is 0 Å². The van der Waals surface area contributed by atoms with Gasteiger partial charge in [0.15, 0.2) is 0 Å². The molecule has 0 unspecified atom stereocenters. The molecule has 1 aromatic carbocycles. The van der Waals surface area contributed by atoms with Gasteiger partial charge in [0.25, 0.3) is 0 Å². The Hall–Kier alpha value is -1.52. The Morgan fingerprint density at radius 3 is 2.53 bits per heavy atom. The van der Waals surface area contributed by atoms with Crippen molar-refractivity contribution in [1.29, 1.82) is 0 Å². The van der Waals surface area contributed by atoms with Crippen LogP contribution in [-0.4, -0.2) is 17.3 Å². The van der Waals surface area contributed by atoms with Crippen LogP contribution in [0.4, 0.5) is 13.2 Å². The predicted molar refractivity (Wildman–Crippen MR) is 47.8 cm³/mol. The maximum Gasteiger partial charge on any atom is 0.389 e. The summed E-state index contributed by atoms with van der Waals surface area (Å²) >= 11 is 0. The van der Waals surface area contributed by atoms with Crippen LogP contribution in [0, 0.1) is 0 Å². The Kier molecular flexibility index (Phi) is 3.34. The Bertz CT molecular complexity index is 358. The minimum atomic E-state index is -4.21. The largest absolute Gasteiger partial charge is 0.478 e. The topological polar surface area (TPSA) is 37.3 Å². The number of aromatic carboxylic acids is 1. The molecule has 0 radical (unpaired) electrons. The Labute approximate surface area is 84.3 Å². The molecule has 0 atom stereocenters. The molecule has 0 aliphatic rings. The number of benzene rings is 1. The molecule has 5 heteroatoms. The van der Waals surface area contributed by atoms with E-state index in [0.29, 0.717) is 5.56 Å². The fourth-order valence-corrected chi connectivity index (χ4v) is 1.15. The average molecular weight is 218 g/mol. The number of hydrogen-bond donors (Lipinski definition) is 1. The molecule has 15 heavy (non-hydrogen) atoms. The highest BCUT2D eigenvalue weighted by molar-refractivity contribution is 5.87. The van der Waals surface area contributed by atoms with E-state index in [-0.39, 0.29) is 12.0 Å². The quantitative estimate of drug-likeness (QED) is 0.846. The molecule has 82 valence electrons. The Balaban J connectivity index is 2.70. The molecule has 0 heterocycles. The van der Waals surface area contributed by atoms with Crippen molar-refractivity contribution >= 4 is 5.97 Å². The third-order valence-corrected chi connectivity index (χ3v) is 1.87. The van der Waals surface area contributed by atoms with Crippen LogP contribution >= 0.6 is 0 Å². The highest BCUT2D eigenvalue weighted by Crippen LogP contribution is 2.22. The molecule has 0 bridgehead atoms. The normalized spacial score (nSPS) is 11.4. The SMILES string of the molecule is O=C(O)c1cccc(CCC(F)(F)F)c1. The van der Waals surface area contributed by atoms with Gasteiger partial charge < -0.3 is 5.11 Å². The number of carboxylic acids is 1. The molecule has 0 aromatic heterocycles.